The van der Waals surface area contributed by atoms with Gasteiger partial charge in [0.1, 0.15) is 0 Å². The number of rotatable bonds is 7. The molecule has 1 heterocycles. The lowest BCUT2D eigenvalue weighted by Gasteiger charge is -2.14. The van der Waals surface area contributed by atoms with Gasteiger partial charge in [-0.15, -0.1) is 10.2 Å². The van der Waals surface area contributed by atoms with Gasteiger partial charge in [-0.2, -0.15) is 0 Å². The third-order valence-corrected chi connectivity index (χ3v) is 5.36. The second-order valence-electron chi connectivity index (χ2n) is 6.27. The Hall–Kier alpha value is -2.93. The number of nitrogens with zero attached hydrogens (tertiary/aromatic N) is 3. The summed E-state index contributed by atoms with van der Waals surface area (Å²) in [4.78, 5) is 24.4. The molecule has 0 spiro atoms. The zero-order valence-corrected chi connectivity index (χ0v) is 16.9. The molecule has 1 atom stereocenters. The zero-order chi connectivity index (χ0) is 20.1. The number of anilines is 1. The van der Waals surface area contributed by atoms with Gasteiger partial charge in [-0.3, -0.25) is 9.59 Å². The Kier molecular flexibility index (Phi) is 6.26. The van der Waals surface area contributed by atoms with Crippen molar-refractivity contribution in [3.8, 4) is 11.4 Å². The smallest absolute Gasteiger partial charge is 0.237 e. The molecule has 0 bridgehead atoms. The number of thioether (sulfide) groups is 1. The molecule has 6 nitrogen and oxygen atoms in total. The van der Waals surface area contributed by atoms with Crippen molar-refractivity contribution in [1.82, 2.24) is 14.8 Å². The summed E-state index contributed by atoms with van der Waals surface area (Å²) in [5.74, 6) is 0.500. The lowest BCUT2D eigenvalue weighted by Crippen LogP contribution is -2.24. The predicted molar refractivity (Wildman–Crippen MR) is 112 cm³/mol. The first-order valence-electron chi connectivity index (χ1n) is 9.07. The van der Waals surface area contributed by atoms with Gasteiger partial charge in [-0.05, 0) is 32.9 Å². The van der Waals surface area contributed by atoms with Gasteiger partial charge in [0.2, 0.25) is 5.91 Å². The highest BCUT2D eigenvalue weighted by Crippen LogP contribution is 2.27. The number of Topliss-reactive ketones (excluding diaryl/α,β-unsaturated/α-hetero) is 1. The van der Waals surface area contributed by atoms with Crippen molar-refractivity contribution in [1.29, 1.82) is 0 Å². The van der Waals surface area contributed by atoms with E-state index in [0.717, 1.165) is 11.4 Å². The lowest BCUT2D eigenvalue weighted by molar-refractivity contribution is -0.115. The maximum absolute atomic E-state index is 12.7. The molecule has 3 rings (SSSR count). The molecule has 144 valence electrons. The average Bonchev–Trinajstić information content (AvgIpc) is 3.11. The van der Waals surface area contributed by atoms with E-state index in [2.05, 4.69) is 15.5 Å². The number of hydrogen-bond acceptors (Lipinski definition) is 5. The van der Waals surface area contributed by atoms with E-state index < -0.39 is 5.25 Å². The Morgan fingerprint density at radius 1 is 1.07 bits per heavy atom. The van der Waals surface area contributed by atoms with Gasteiger partial charge in [0, 0.05) is 17.7 Å². The monoisotopic (exact) mass is 394 g/mol. The summed E-state index contributed by atoms with van der Waals surface area (Å²) in [7, 11) is 0. The normalized spacial score (nSPS) is 11.8. The van der Waals surface area contributed by atoms with E-state index >= 15 is 0 Å². The molecule has 7 heteroatoms. The van der Waals surface area contributed by atoms with Crippen LogP contribution < -0.4 is 5.32 Å². The second kappa shape index (κ2) is 8.84. The van der Waals surface area contributed by atoms with Crippen LogP contribution in [0.25, 0.3) is 11.4 Å². The highest BCUT2D eigenvalue weighted by Gasteiger charge is 2.21. The van der Waals surface area contributed by atoms with E-state index in [1.54, 1.807) is 24.3 Å². The van der Waals surface area contributed by atoms with Gasteiger partial charge in [0.15, 0.2) is 16.8 Å². The molecule has 0 aliphatic rings. The maximum atomic E-state index is 12.7. The summed E-state index contributed by atoms with van der Waals surface area (Å²) >= 11 is 1.34. The summed E-state index contributed by atoms with van der Waals surface area (Å²) in [6.45, 7) is 6.01. The molecule has 0 saturated carbocycles. The summed E-state index contributed by atoms with van der Waals surface area (Å²) in [6, 6.07) is 16.8. The van der Waals surface area contributed by atoms with Crippen molar-refractivity contribution in [3.05, 3.63) is 60.2 Å². The Labute approximate surface area is 168 Å². The number of benzene rings is 2. The minimum absolute atomic E-state index is 0.0885. The molecule has 0 radical (unpaired) electrons. The Morgan fingerprint density at radius 2 is 1.75 bits per heavy atom. The molecule has 0 aliphatic heterocycles. The number of aromatic nitrogens is 3. The molecule has 1 aromatic heterocycles. The van der Waals surface area contributed by atoms with Gasteiger partial charge in [0.25, 0.3) is 0 Å². The fourth-order valence-corrected chi connectivity index (χ4v) is 3.72. The van der Waals surface area contributed by atoms with Crippen molar-refractivity contribution >= 4 is 29.1 Å². The first-order chi connectivity index (χ1) is 13.5. The SMILES string of the molecule is CCn1c(SC(C)C(=O)Nc2ccccc2C(C)=O)nnc1-c1ccccc1. The standard InChI is InChI=1S/C21H22N4O2S/c1-4-25-19(16-10-6-5-7-11-16)23-24-21(25)28-15(3)20(27)22-18-13-9-8-12-17(18)14(2)26/h5-13,15H,4H2,1-3H3,(H,22,27). The number of para-hydroxylation sites is 1. The number of ketones is 1. The van der Waals surface area contributed by atoms with Gasteiger partial charge < -0.3 is 9.88 Å². The third-order valence-electron chi connectivity index (χ3n) is 4.28. The van der Waals surface area contributed by atoms with Crippen molar-refractivity contribution < 1.29 is 9.59 Å². The molecular weight excluding hydrogens is 372 g/mol. The van der Waals surface area contributed by atoms with Crippen LogP contribution in [-0.4, -0.2) is 31.7 Å². The van der Waals surface area contributed by atoms with Crippen molar-refractivity contribution in [2.75, 3.05) is 5.32 Å². The molecule has 1 unspecified atom stereocenters. The van der Waals surface area contributed by atoms with Crippen LogP contribution in [0.15, 0.2) is 59.8 Å². The maximum Gasteiger partial charge on any atom is 0.237 e. The Balaban J connectivity index is 1.76. The zero-order valence-electron chi connectivity index (χ0n) is 16.0. The molecule has 0 aliphatic carbocycles. The number of carbonyl (C=O) groups is 2. The van der Waals surface area contributed by atoms with E-state index in [0.29, 0.717) is 23.0 Å². The number of amides is 1. The van der Waals surface area contributed by atoms with Gasteiger partial charge in [-0.25, -0.2) is 0 Å². The molecule has 0 fully saturated rings. The van der Waals surface area contributed by atoms with Gasteiger partial charge >= 0.3 is 0 Å². The quantitative estimate of drug-likeness (QED) is 0.478. The highest BCUT2D eigenvalue weighted by atomic mass is 32.2. The first kappa shape index (κ1) is 19.8. The summed E-state index contributed by atoms with van der Waals surface area (Å²) < 4.78 is 1.99. The molecule has 1 N–H and O–H groups in total. The van der Waals surface area contributed by atoms with E-state index in [1.165, 1.54) is 18.7 Å². The van der Waals surface area contributed by atoms with Crippen LogP contribution in [0.3, 0.4) is 0 Å². The summed E-state index contributed by atoms with van der Waals surface area (Å²) in [5.41, 5.74) is 2.00. The second-order valence-corrected chi connectivity index (χ2v) is 7.58. The largest absolute Gasteiger partial charge is 0.324 e. The number of carbonyl (C=O) groups excluding carboxylic acids is 2. The molecule has 2 aromatic carbocycles. The van der Waals surface area contributed by atoms with Crippen LogP contribution in [0.4, 0.5) is 5.69 Å². The third kappa shape index (κ3) is 4.31. The molecule has 0 saturated heterocycles. The first-order valence-corrected chi connectivity index (χ1v) is 9.95. The van der Waals surface area contributed by atoms with Crippen molar-refractivity contribution in [2.24, 2.45) is 0 Å². The van der Waals surface area contributed by atoms with Crippen LogP contribution in [0.2, 0.25) is 0 Å². The van der Waals surface area contributed by atoms with E-state index in [-0.39, 0.29) is 11.7 Å². The Bertz CT molecular complexity index is 985. The lowest BCUT2D eigenvalue weighted by atomic mass is 10.1. The van der Waals surface area contributed by atoms with E-state index in [9.17, 15) is 9.59 Å². The van der Waals surface area contributed by atoms with E-state index in [1.807, 2.05) is 48.7 Å². The van der Waals surface area contributed by atoms with Crippen LogP contribution in [0.1, 0.15) is 31.1 Å². The minimum atomic E-state index is -0.405. The Morgan fingerprint density at radius 3 is 2.43 bits per heavy atom. The molecular formula is C21H22N4O2S. The summed E-state index contributed by atoms with van der Waals surface area (Å²) in [5, 5.41) is 11.7. The number of hydrogen-bond donors (Lipinski definition) is 1. The van der Waals surface area contributed by atoms with Crippen LogP contribution in [0, 0.1) is 0 Å². The van der Waals surface area contributed by atoms with Crippen LogP contribution >= 0.6 is 11.8 Å². The predicted octanol–water partition coefficient (Wildman–Crippen LogP) is 4.29. The van der Waals surface area contributed by atoms with Gasteiger partial charge in [0.05, 0.1) is 10.9 Å². The fraction of sp³-hybridized carbons (Fsp3) is 0.238. The minimum Gasteiger partial charge on any atom is -0.324 e. The molecule has 28 heavy (non-hydrogen) atoms. The number of nitrogens with one attached hydrogen (secondary N) is 1. The topological polar surface area (TPSA) is 76.9 Å². The molecule has 3 aromatic rings. The van der Waals surface area contributed by atoms with E-state index in [4.69, 9.17) is 0 Å². The molecule has 1 amide bonds. The van der Waals surface area contributed by atoms with Crippen molar-refractivity contribution in [3.63, 3.8) is 0 Å². The average molecular weight is 395 g/mol. The van der Waals surface area contributed by atoms with Gasteiger partial charge in [-0.1, -0.05) is 54.2 Å². The highest BCUT2D eigenvalue weighted by molar-refractivity contribution is 8.00. The fourth-order valence-electron chi connectivity index (χ4n) is 2.81. The van der Waals surface area contributed by atoms with Crippen LogP contribution in [-0.2, 0) is 11.3 Å². The van der Waals surface area contributed by atoms with Crippen molar-refractivity contribution in [2.45, 2.75) is 37.7 Å². The summed E-state index contributed by atoms with van der Waals surface area (Å²) in [6.07, 6.45) is 0. The van der Waals surface area contributed by atoms with Crippen LogP contribution in [0.5, 0.6) is 0 Å².